The molecule has 1 heterocycles. The van der Waals surface area contributed by atoms with Crippen molar-refractivity contribution in [1.29, 1.82) is 0 Å². The summed E-state index contributed by atoms with van der Waals surface area (Å²) in [6.45, 7) is 35.0. The molecule has 0 aliphatic heterocycles. The van der Waals surface area contributed by atoms with Crippen molar-refractivity contribution in [2.45, 2.75) is 170 Å². The highest BCUT2D eigenvalue weighted by atomic mass is 28.4. The van der Waals surface area contributed by atoms with Crippen molar-refractivity contribution >= 4 is 39.4 Å². The molecule has 50 heavy (non-hydrogen) atoms. The third-order valence-corrected chi connectivity index (χ3v) is 20.9. The highest BCUT2D eigenvalue weighted by Gasteiger charge is 2.44. The SMILES string of the molecule is C/C(=C/C[C@H](O[Si](C)(C)C(C)(C)C)c1ccc2c(c1)nc(C)n2C)CCC[C@H](C)[C@H](O[Si](C)(C)C(C)(C)C)[C@@H](C)C(=O)C(C)(C)CCC(=O)O. The smallest absolute Gasteiger partial charge is 0.303 e. The Kier molecular flexibility index (Phi) is 14.7. The van der Waals surface area contributed by atoms with E-state index in [4.69, 9.17) is 13.8 Å². The third kappa shape index (κ3) is 11.5. The van der Waals surface area contributed by atoms with Crippen molar-refractivity contribution in [3.8, 4) is 0 Å². The Morgan fingerprint density at radius 1 is 0.940 bits per heavy atom. The fourth-order valence-corrected chi connectivity index (χ4v) is 8.90. The number of hydrogen-bond donors (Lipinski definition) is 1. The third-order valence-electron chi connectivity index (χ3n) is 12.0. The number of aromatic nitrogens is 2. The quantitative estimate of drug-likeness (QED) is 0.121. The largest absolute Gasteiger partial charge is 0.481 e. The van der Waals surface area contributed by atoms with Crippen LogP contribution in [0.2, 0.25) is 36.3 Å². The summed E-state index contributed by atoms with van der Waals surface area (Å²) in [7, 11) is -2.17. The summed E-state index contributed by atoms with van der Waals surface area (Å²) in [4.78, 5) is 30.0. The number of allylic oxidation sites excluding steroid dienone is 1. The second-order valence-electron chi connectivity index (χ2n) is 18.8. The normalized spacial score (nSPS) is 16.4. The lowest BCUT2D eigenvalue weighted by Crippen LogP contribution is -2.50. The van der Waals surface area contributed by atoms with E-state index in [0.29, 0.717) is 6.42 Å². The maximum absolute atomic E-state index is 13.9. The lowest BCUT2D eigenvalue weighted by atomic mass is 9.74. The Morgan fingerprint density at radius 3 is 2.04 bits per heavy atom. The van der Waals surface area contributed by atoms with Crippen LogP contribution in [0.1, 0.15) is 132 Å². The molecule has 0 amide bonds. The van der Waals surface area contributed by atoms with E-state index in [2.05, 4.69) is 117 Å². The van der Waals surface area contributed by atoms with Gasteiger partial charge in [0.25, 0.3) is 0 Å². The van der Waals surface area contributed by atoms with E-state index in [9.17, 15) is 14.7 Å². The van der Waals surface area contributed by atoms with Crippen LogP contribution in [0.25, 0.3) is 11.0 Å². The summed E-state index contributed by atoms with van der Waals surface area (Å²) >= 11 is 0. The van der Waals surface area contributed by atoms with E-state index >= 15 is 0 Å². The number of carboxylic acid groups (broad SMARTS) is 1. The molecule has 1 aromatic heterocycles. The summed E-state index contributed by atoms with van der Waals surface area (Å²) in [5.41, 5.74) is 3.93. The van der Waals surface area contributed by atoms with Crippen LogP contribution < -0.4 is 0 Å². The van der Waals surface area contributed by atoms with Gasteiger partial charge in [-0.1, -0.05) is 87.0 Å². The van der Waals surface area contributed by atoms with Crippen molar-refractivity contribution in [2.24, 2.45) is 24.3 Å². The molecule has 0 saturated carbocycles. The molecule has 0 radical (unpaired) electrons. The average molecular weight is 729 g/mol. The molecule has 0 unspecified atom stereocenters. The standard InChI is InChI=1S/C41H72N2O5Si2/c1-28(21-24-35(47-49(14,15)39(5,6)7)32-22-23-34-33(27-32)42-31(4)43(34)13)19-18-20-29(2)37(48-50(16,17)40(8,9)10)30(3)38(46)41(11,12)26-25-36(44)45/h21-23,27,29-30,35,37H,18-20,24-26H2,1-17H3,(H,44,45)/b28-21-/t29-,30+,35-,37-/m0/s1. The van der Waals surface area contributed by atoms with Crippen LogP contribution in [0, 0.1) is 24.2 Å². The van der Waals surface area contributed by atoms with Crippen LogP contribution in [0.5, 0.6) is 0 Å². The zero-order chi connectivity index (χ0) is 38.6. The van der Waals surface area contributed by atoms with Gasteiger partial charge >= 0.3 is 5.97 Å². The number of carboxylic acids is 1. The van der Waals surface area contributed by atoms with Gasteiger partial charge in [-0.25, -0.2) is 4.98 Å². The van der Waals surface area contributed by atoms with Crippen molar-refractivity contribution in [2.75, 3.05) is 0 Å². The second-order valence-corrected chi connectivity index (χ2v) is 28.3. The number of aliphatic carboxylic acids is 1. The van der Waals surface area contributed by atoms with Crippen LogP contribution in [0.15, 0.2) is 29.8 Å². The summed E-state index contributed by atoms with van der Waals surface area (Å²) in [6.07, 6.45) is 6.12. The van der Waals surface area contributed by atoms with Crippen molar-refractivity contribution in [3.05, 3.63) is 41.2 Å². The minimum atomic E-state index is -2.18. The lowest BCUT2D eigenvalue weighted by molar-refractivity contribution is -0.139. The van der Waals surface area contributed by atoms with Crippen molar-refractivity contribution in [1.82, 2.24) is 9.55 Å². The van der Waals surface area contributed by atoms with Crippen LogP contribution >= 0.6 is 0 Å². The first-order valence-electron chi connectivity index (χ1n) is 18.8. The molecular formula is C41H72N2O5Si2. The molecular weight excluding hydrogens is 657 g/mol. The fourth-order valence-electron chi connectivity index (χ4n) is 6.14. The Balaban J connectivity index is 2.26. The number of rotatable bonds is 18. The summed E-state index contributed by atoms with van der Waals surface area (Å²) < 4.78 is 16.2. The van der Waals surface area contributed by atoms with E-state index in [1.807, 2.05) is 27.7 Å². The minimum absolute atomic E-state index is 0.00878. The molecule has 1 aromatic carbocycles. The van der Waals surface area contributed by atoms with E-state index in [1.165, 1.54) is 11.1 Å². The summed E-state index contributed by atoms with van der Waals surface area (Å²) in [5.74, 6) is 0.0767. The number of aryl methyl sites for hydroxylation is 2. The van der Waals surface area contributed by atoms with Crippen LogP contribution in [0.4, 0.5) is 0 Å². The highest BCUT2D eigenvalue weighted by molar-refractivity contribution is 6.74. The number of hydrogen-bond acceptors (Lipinski definition) is 5. The Labute approximate surface area is 307 Å². The first-order chi connectivity index (χ1) is 22.6. The first-order valence-corrected chi connectivity index (χ1v) is 24.6. The Morgan fingerprint density at radius 2 is 1.50 bits per heavy atom. The van der Waals surface area contributed by atoms with Crippen molar-refractivity contribution < 1.29 is 23.5 Å². The molecule has 284 valence electrons. The molecule has 0 aliphatic rings. The number of fused-ring (bicyclic) bond motifs is 1. The van der Waals surface area contributed by atoms with E-state index in [0.717, 1.165) is 42.5 Å². The molecule has 0 aliphatic carbocycles. The number of carbonyl (C=O) groups excluding carboxylic acids is 1. The van der Waals surface area contributed by atoms with E-state index in [1.54, 1.807) is 0 Å². The highest BCUT2D eigenvalue weighted by Crippen LogP contribution is 2.43. The second kappa shape index (κ2) is 16.7. The molecule has 1 N–H and O–H groups in total. The minimum Gasteiger partial charge on any atom is -0.481 e. The Hall–Kier alpha value is -2.08. The van der Waals surface area contributed by atoms with E-state index in [-0.39, 0.29) is 46.3 Å². The molecule has 0 bridgehead atoms. The van der Waals surface area contributed by atoms with Gasteiger partial charge in [0.15, 0.2) is 16.6 Å². The van der Waals surface area contributed by atoms with Gasteiger partial charge < -0.3 is 18.5 Å². The molecule has 7 nitrogen and oxygen atoms in total. The predicted octanol–water partition coefficient (Wildman–Crippen LogP) is 11.6. The maximum atomic E-state index is 13.9. The zero-order valence-electron chi connectivity index (χ0n) is 34.8. The van der Waals surface area contributed by atoms with E-state index < -0.39 is 28.0 Å². The zero-order valence-corrected chi connectivity index (χ0v) is 36.8. The topological polar surface area (TPSA) is 90.7 Å². The van der Waals surface area contributed by atoms with Gasteiger partial charge in [0.2, 0.25) is 0 Å². The first kappa shape index (κ1) is 44.1. The van der Waals surface area contributed by atoms with Gasteiger partial charge in [-0.15, -0.1) is 0 Å². The fraction of sp³-hybridized carbons (Fsp3) is 0.732. The van der Waals surface area contributed by atoms with Gasteiger partial charge in [0.05, 0.1) is 23.2 Å². The number of carbonyl (C=O) groups is 2. The van der Waals surface area contributed by atoms with Crippen LogP contribution in [0.3, 0.4) is 0 Å². The Bertz CT molecular complexity index is 1490. The number of ketones is 1. The predicted molar refractivity (Wildman–Crippen MR) is 215 cm³/mol. The van der Waals surface area contributed by atoms with Gasteiger partial charge in [0.1, 0.15) is 11.6 Å². The van der Waals surface area contributed by atoms with Gasteiger partial charge in [-0.05, 0) is 106 Å². The lowest BCUT2D eigenvalue weighted by Gasteiger charge is -2.43. The number of Topliss-reactive ketones (excluding diaryl/α,β-unsaturated/α-hetero) is 1. The molecule has 4 atom stereocenters. The number of imidazole rings is 1. The van der Waals surface area contributed by atoms with Crippen molar-refractivity contribution in [3.63, 3.8) is 0 Å². The maximum Gasteiger partial charge on any atom is 0.303 e. The summed E-state index contributed by atoms with van der Waals surface area (Å²) in [5, 5.41) is 9.40. The van der Waals surface area contributed by atoms with Gasteiger partial charge in [0, 0.05) is 24.8 Å². The number of benzene rings is 1. The molecule has 0 spiro atoms. The van der Waals surface area contributed by atoms with Crippen LogP contribution in [-0.2, 0) is 25.5 Å². The van der Waals surface area contributed by atoms with Crippen LogP contribution in [-0.4, -0.2) is 49.1 Å². The van der Waals surface area contributed by atoms with Gasteiger partial charge in [-0.3, -0.25) is 9.59 Å². The number of nitrogens with zero attached hydrogens (tertiary/aromatic N) is 2. The average Bonchev–Trinajstić information content (AvgIpc) is 3.26. The molecule has 0 fully saturated rings. The summed E-state index contributed by atoms with van der Waals surface area (Å²) in [6, 6.07) is 6.59. The molecule has 2 aromatic rings. The molecule has 0 saturated heterocycles. The molecule has 9 heteroatoms. The van der Waals surface area contributed by atoms with Gasteiger partial charge in [-0.2, -0.15) is 0 Å². The monoisotopic (exact) mass is 728 g/mol. The molecule has 2 rings (SSSR count).